The molecule has 4 rings (SSSR count). The van der Waals surface area contributed by atoms with E-state index in [0.717, 1.165) is 26.1 Å². The van der Waals surface area contributed by atoms with Crippen molar-refractivity contribution in [2.24, 2.45) is 0 Å². The molecular weight excluding hydrogens is 287 g/mol. The Balaban J connectivity index is 1.38. The molecule has 2 unspecified atom stereocenters. The second kappa shape index (κ2) is 5.86. The van der Waals surface area contributed by atoms with Gasteiger partial charge in [0.15, 0.2) is 0 Å². The van der Waals surface area contributed by atoms with Crippen LogP contribution in [0.1, 0.15) is 35.6 Å². The number of fused-ring (bicyclic) bond motifs is 1. The number of likely N-dealkylation sites (tertiary alicyclic amines) is 1. The monoisotopic (exact) mass is 308 g/mol. The zero-order chi connectivity index (χ0) is 14.2. The molecular formula is C16H21FN2OS. The molecule has 2 fully saturated rings. The van der Waals surface area contributed by atoms with Crippen LogP contribution in [0, 0.1) is 5.95 Å². The number of rotatable bonds is 3. The highest BCUT2D eigenvalue weighted by molar-refractivity contribution is 8.00. The number of hydrogen-bond acceptors (Lipinski definition) is 4. The molecule has 0 saturated carbocycles. The summed E-state index contributed by atoms with van der Waals surface area (Å²) in [4.78, 5) is 6.45. The van der Waals surface area contributed by atoms with Gasteiger partial charge in [-0.15, -0.1) is 11.8 Å². The van der Waals surface area contributed by atoms with Gasteiger partial charge in [0.2, 0.25) is 5.95 Å². The molecule has 2 saturated heterocycles. The summed E-state index contributed by atoms with van der Waals surface area (Å²) in [5.41, 5.74) is 2.43. The van der Waals surface area contributed by atoms with Crippen LogP contribution < -0.4 is 0 Å². The van der Waals surface area contributed by atoms with Crippen LogP contribution >= 0.6 is 11.8 Å². The number of halogens is 1. The van der Waals surface area contributed by atoms with Crippen LogP contribution in [0.5, 0.6) is 0 Å². The maximum Gasteiger partial charge on any atom is 0.213 e. The average molecular weight is 308 g/mol. The highest BCUT2D eigenvalue weighted by Crippen LogP contribution is 2.44. The lowest BCUT2D eigenvalue weighted by atomic mass is 10.2. The molecule has 5 heteroatoms. The standard InChI is InChI=1S/C16H21FN2OS/c17-16-7-11-1-2-15(14(11)8-18-16)21-13-3-5-19(9-13)12-4-6-20-10-12/h7-8,12-13,15H,1-6,9-10H2/t12?,13-,15?/m1/s1. The van der Waals surface area contributed by atoms with E-state index in [0.29, 0.717) is 16.5 Å². The molecule has 21 heavy (non-hydrogen) atoms. The summed E-state index contributed by atoms with van der Waals surface area (Å²) in [5.74, 6) is -0.340. The van der Waals surface area contributed by atoms with Crippen LogP contribution in [0.3, 0.4) is 0 Å². The van der Waals surface area contributed by atoms with Crippen molar-refractivity contribution in [3.05, 3.63) is 29.3 Å². The van der Waals surface area contributed by atoms with Gasteiger partial charge in [-0.2, -0.15) is 4.39 Å². The van der Waals surface area contributed by atoms with Gasteiger partial charge in [0, 0.05) is 35.9 Å². The van der Waals surface area contributed by atoms with E-state index < -0.39 is 0 Å². The van der Waals surface area contributed by atoms with E-state index in [4.69, 9.17) is 4.74 Å². The van der Waals surface area contributed by atoms with Gasteiger partial charge >= 0.3 is 0 Å². The fourth-order valence-electron chi connectivity index (χ4n) is 3.81. The normalized spacial score (nSPS) is 32.7. The van der Waals surface area contributed by atoms with Crippen molar-refractivity contribution >= 4 is 11.8 Å². The van der Waals surface area contributed by atoms with Crippen molar-refractivity contribution in [1.29, 1.82) is 0 Å². The molecule has 0 spiro atoms. The first-order valence-corrected chi connectivity index (χ1v) is 8.85. The highest BCUT2D eigenvalue weighted by atomic mass is 32.2. The summed E-state index contributed by atoms with van der Waals surface area (Å²) in [6, 6.07) is 2.26. The lowest BCUT2D eigenvalue weighted by Gasteiger charge is -2.23. The van der Waals surface area contributed by atoms with E-state index in [1.165, 1.54) is 37.1 Å². The molecule has 3 atom stereocenters. The fraction of sp³-hybridized carbons (Fsp3) is 0.688. The number of aromatic nitrogens is 1. The number of thioether (sulfide) groups is 1. The quantitative estimate of drug-likeness (QED) is 0.802. The molecule has 0 aromatic carbocycles. The minimum Gasteiger partial charge on any atom is -0.380 e. The van der Waals surface area contributed by atoms with Crippen LogP contribution in [0.25, 0.3) is 0 Å². The lowest BCUT2D eigenvalue weighted by molar-refractivity contribution is 0.159. The second-order valence-electron chi connectivity index (χ2n) is 6.29. The van der Waals surface area contributed by atoms with Crippen LogP contribution in [0.2, 0.25) is 0 Å². The third-order valence-corrected chi connectivity index (χ3v) is 6.56. The average Bonchev–Trinajstić information content (AvgIpc) is 3.19. The first kappa shape index (κ1) is 14.0. The maximum absolute atomic E-state index is 13.2. The molecule has 114 valence electrons. The minimum absolute atomic E-state index is 0.340. The summed E-state index contributed by atoms with van der Waals surface area (Å²) < 4.78 is 18.7. The van der Waals surface area contributed by atoms with Crippen molar-refractivity contribution < 1.29 is 9.13 Å². The van der Waals surface area contributed by atoms with Crippen molar-refractivity contribution in [1.82, 2.24) is 9.88 Å². The number of pyridine rings is 1. The molecule has 0 N–H and O–H groups in total. The zero-order valence-corrected chi connectivity index (χ0v) is 12.9. The Bertz CT molecular complexity index is 521. The third-order valence-electron chi connectivity index (χ3n) is 4.97. The maximum atomic E-state index is 13.2. The molecule has 0 amide bonds. The van der Waals surface area contributed by atoms with E-state index in [-0.39, 0.29) is 5.95 Å². The summed E-state index contributed by atoms with van der Waals surface area (Å²) in [7, 11) is 0. The zero-order valence-electron chi connectivity index (χ0n) is 12.1. The van der Waals surface area contributed by atoms with Crippen LogP contribution in [-0.4, -0.2) is 47.5 Å². The van der Waals surface area contributed by atoms with Gasteiger partial charge in [-0.05, 0) is 49.4 Å². The van der Waals surface area contributed by atoms with E-state index in [1.807, 2.05) is 0 Å². The number of nitrogens with zero attached hydrogens (tertiary/aromatic N) is 2. The number of ether oxygens (including phenoxy) is 1. The fourth-order valence-corrected chi connectivity index (χ4v) is 5.40. The van der Waals surface area contributed by atoms with Crippen LogP contribution in [0.4, 0.5) is 4.39 Å². The minimum atomic E-state index is -0.340. The Kier molecular flexibility index (Phi) is 3.90. The first-order valence-electron chi connectivity index (χ1n) is 7.91. The van der Waals surface area contributed by atoms with Gasteiger partial charge in [0.25, 0.3) is 0 Å². The predicted octanol–water partition coefficient (Wildman–Crippen LogP) is 2.80. The van der Waals surface area contributed by atoms with Gasteiger partial charge < -0.3 is 4.74 Å². The Morgan fingerprint density at radius 3 is 3.14 bits per heavy atom. The van der Waals surface area contributed by atoms with E-state index in [2.05, 4.69) is 21.6 Å². The predicted molar refractivity (Wildman–Crippen MR) is 82.1 cm³/mol. The van der Waals surface area contributed by atoms with Gasteiger partial charge in [0.05, 0.1) is 6.61 Å². The summed E-state index contributed by atoms with van der Waals surface area (Å²) in [6.45, 7) is 4.21. The molecule has 1 aromatic rings. The Morgan fingerprint density at radius 2 is 2.29 bits per heavy atom. The molecule has 3 nitrogen and oxygen atoms in total. The van der Waals surface area contributed by atoms with E-state index in [1.54, 1.807) is 12.3 Å². The molecule has 1 aliphatic carbocycles. The van der Waals surface area contributed by atoms with Gasteiger partial charge in [-0.25, -0.2) is 4.98 Å². The van der Waals surface area contributed by atoms with E-state index in [9.17, 15) is 4.39 Å². The second-order valence-corrected chi connectivity index (χ2v) is 7.80. The van der Waals surface area contributed by atoms with E-state index >= 15 is 0 Å². The van der Waals surface area contributed by atoms with Crippen molar-refractivity contribution in [3.8, 4) is 0 Å². The smallest absolute Gasteiger partial charge is 0.213 e. The molecule has 3 heterocycles. The van der Waals surface area contributed by atoms with Crippen LogP contribution in [0.15, 0.2) is 12.3 Å². The molecule has 0 bridgehead atoms. The highest BCUT2D eigenvalue weighted by Gasteiger charge is 2.33. The SMILES string of the molecule is Fc1cc2c(cn1)C(S[C@@H]1CCN(C3CCOC3)C1)CC2. The first-order chi connectivity index (χ1) is 10.3. The van der Waals surface area contributed by atoms with Crippen molar-refractivity contribution in [2.45, 2.75) is 42.2 Å². The Hall–Kier alpha value is -0.650. The topological polar surface area (TPSA) is 25.4 Å². The van der Waals surface area contributed by atoms with Gasteiger partial charge in [0.1, 0.15) is 0 Å². The summed E-state index contributed by atoms with van der Waals surface area (Å²) in [6.07, 6.45) is 6.34. The number of hydrogen-bond donors (Lipinski definition) is 0. The number of aryl methyl sites for hydroxylation is 1. The van der Waals surface area contributed by atoms with Gasteiger partial charge in [-0.1, -0.05) is 0 Å². The lowest BCUT2D eigenvalue weighted by Crippen LogP contribution is -2.33. The molecule has 0 radical (unpaired) electrons. The molecule has 3 aliphatic rings. The van der Waals surface area contributed by atoms with Gasteiger partial charge in [-0.3, -0.25) is 4.90 Å². The van der Waals surface area contributed by atoms with Crippen molar-refractivity contribution in [3.63, 3.8) is 0 Å². The third kappa shape index (κ3) is 2.83. The largest absolute Gasteiger partial charge is 0.380 e. The Labute approximate surface area is 129 Å². The van der Waals surface area contributed by atoms with Crippen molar-refractivity contribution in [2.75, 3.05) is 26.3 Å². The molecule has 1 aromatic heterocycles. The summed E-state index contributed by atoms with van der Waals surface area (Å²) >= 11 is 2.08. The van der Waals surface area contributed by atoms with Crippen LogP contribution in [-0.2, 0) is 11.2 Å². The molecule has 2 aliphatic heterocycles. The Morgan fingerprint density at radius 1 is 1.33 bits per heavy atom. The summed E-state index contributed by atoms with van der Waals surface area (Å²) in [5, 5.41) is 1.21.